The van der Waals surface area contributed by atoms with Gasteiger partial charge in [0, 0.05) is 11.7 Å². The summed E-state index contributed by atoms with van der Waals surface area (Å²) in [7, 11) is 0. The van der Waals surface area contributed by atoms with Crippen molar-refractivity contribution >= 4 is 5.91 Å². The van der Waals surface area contributed by atoms with Gasteiger partial charge in [-0.25, -0.2) is 4.68 Å². The fraction of sp³-hybridized carbons (Fsp3) is 0.333. The summed E-state index contributed by atoms with van der Waals surface area (Å²) in [5.41, 5.74) is 3.64. The number of hydrogen-bond donors (Lipinski definition) is 1. The Bertz CT molecular complexity index is 609. The summed E-state index contributed by atoms with van der Waals surface area (Å²) in [6.45, 7) is 4.01. The molecule has 2 aromatic rings. The van der Waals surface area contributed by atoms with Gasteiger partial charge < -0.3 is 5.32 Å². The maximum atomic E-state index is 12.0. The first-order chi connectivity index (χ1) is 9.13. The molecule has 0 saturated heterocycles. The van der Waals surface area contributed by atoms with Crippen LogP contribution in [0.5, 0.6) is 0 Å². The molecule has 1 saturated carbocycles. The van der Waals surface area contributed by atoms with Crippen LogP contribution in [0.2, 0.25) is 0 Å². The minimum atomic E-state index is -0.0727. The van der Waals surface area contributed by atoms with Gasteiger partial charge >= 0.3 is 0 Å². The number of amides is 1. The molecule has 1 N–H and O–H groups in total. The molecule has 1 aromatic heterocycles. The Morgan fingerprint density at radius 1 is 1.26 bits per heavy atom. The Morgan fingerprint density at radius 2 is 1.95 bits per heavy atom. The van der Waals surface area contributed by atoms with E-state index in [0.717, 1.165) is 24.2 Å². The largest absolute Gasteiger partial charge is 0.348 e. The van der Waals surface area contributed by atoms with E-state index < -0.39 is 0 Å². The summed E-state index contributed by atoms with van der Waals surface area (Å²) in [6.07, 6.45) is 2.17. The number of nitrogens with zero attached hydrogens (tertiary/aromatic N) is 2. The average Bonchev–Trinajstić information content (AvgIpc) is 3.11. The highest BCUT2D eigenvalue weighted by Gasteiger charge is 2.25. The average molecular weight is 255 g/mol. The predicted octanol–water partition coefficient (Wildman–Crippen LogP) is 2.38. The highest BCUT2D eigenvalue weighted by molar-refractivity contribution is 5.92. The van der Waals surface area contributed by atoms with E-state index in [1.165, 1.54) is 5.56 Å². The Kier molecular flexibility index (Phi) is 2.85. The van der Waals surface area contributed by atoms with Crippen molar-refractivity contribution in [2.24, 2.45) is 0 Å². The van der Waals surface area contributed by atoms with Crippen LogP contribution in [-0.2, 0) is 0 Å². The zero-order valence-corrected chi connectivity index (χ0v) is 11.2. The molecule has 98 valence electrons. The van der Waals surface area contributed by atoms with Crippen molar-refractivity contribution in [2.45, 2.75) is 32.7 Å². The van der Waals surface area contributed by atoms with Crippen LogP contribution < -0.4 is 5.32 Å². The van der Waals surface area contributed by atoms with E-state index >= 15 is 0 Å². The topological polar surface area (TPSA) is 46.9 Å². The van der Waals surface area contributed by atoms with E-state index in [1.807, 2.05) is 44.2 Å². The van der Waals surface area contributed by atoms with E-state index in [-0.39, 0.29) is 5.91 Å². The molecular weight excluding hydrogens is 238 g/mol. The van der Waals surface area contributed by atoms with Crippen molar-refractivity contribution in [2.75, 3.05) is 0 Å². The standard InChI is InChI=1S/C15H17N3O/c1-10-3-7-13(8-4-10)18-11(2)9-14(17-18)15(19)16-12-5-6-12/h3-4,7-9,12H,5-6H2,1-2H3,(H,16,19). The second-order valence-corrected chi connectivity index (χ2v) is 5.17. The van der Waals surface area contributed by atoms with Gasteiger partial charge in [0.05, 0.1) is 5.69 Å². The van der Waals surface area contributed by atoms with Crippen molar-refractivity contribution in [1.82, 2.24) is 15.1 Å². The molecule has 0 spiro atoms. The minimum absolute atomic E-state index is 0.0727. The lowest BCUT2D eigenvalue weighted by atomic mass is 10.2. The highest BCUT2D eigenvalue weighted by Crippen LogP contribution is 2.19. The van der Waals surface area contributed by atoms with Gasteiger partial charge in [0.25, 0.3) is 5.91 Å². The fourth-order valence-electron chi connectivity index (χ4n) is 2.02. The van der Waals surface area contributed by atoms with Crippen molar-refractivity contribution in [3.63, 3.8) is 0 Å². The number of nitrogens with one attached hydrogen (secondary N) is 1. The van der Waals surface area contributed by atoms with Gasteiger partial charge in [-0.2, -0.15) is 5.10 Å². The zero-order chi connectivity index (χ0) is 13.4. The molecule has 3 rings (SSSR count). The Hall–Kier alpha value is -2.10. The first kappa shape index (κ1) is 12.0. The molecule has 0 aliphatic heterocycles. The molecule has 4 heteroatoms. The van der Waals surface area contributed by atoms with Crippen molar-refractivity contribution in [1.29, 1.82) is 0 Å². The molecule has 0 unspecified atom stereocenters. The smallest absolute Gasteiger partial charge is 0.272 e. The Labute approximate surface area is 112 Å². The second-order valence-electron chi connectivity index (χ2n) is 5.17. The van der Waals surface area contributed by atoms with Gasteiger partial charge in [-0.3, -0.25) is 4.79 Å². The first-order valence-electron chi connectivity index (χ1n) is 6.58. The molecule has 1 heterocycles. The third kappa shape index (κ3) is 2.52. The van der Waals surface area contributed by atoms with E-state index in [2.05, 4.69) is 10.4 Å². The first-order valence-corrected chi connectivity index (χ1v) is 6.58. The molecule has 1 amide bonds. The highest BCUT2D eigenvalue weighted by atomic mass is 16.2. The maximum Gasteiger partial charge on any atom is 0.272 e. The number of hydrogen-bond acceptors (Lipinski definition) is 2. The van der Waals surface area contributed by atoms with Crippen molar-refractivity contribution < 1.29 is 4.79 Å². The summed E-state index contributed by atoms with van der Waals surface area (Å²) >= 11 is 0. The SMILES string of the molecule is Cc1ccc(-n2nc(C(=O)NC3CC3)cc2C)cc1. The van der Waals surface area contributed by atoms with Gasteiger partial charge in [0.1, 0.15) is 0 Å². The molecule has 1 fully saturated rings. The molecule has 0 atom stereocenters. The molecule has 0 bridgehead atoms. The lowest BCUT2D eigenvalue weighted by Gasteiger charge is -2.04. The third-order valence-electron chi connectivity index (χ3n) is 3.31. The molecule has 1 aromatic carbocycles. The number of carbonyl (C=O) groups is 1. The van der Waals surface area contributed by atoms with Crippen LogP contribution in [0.4, 0.5) is 0 Å². The van der Waals surface area contributed by atoms with Crippen molar-refractivity contribution in [3.8, 4) is 5.69 Å². The van der Waals surface area contributed by atoms with Crippen LogP contribution >= 0.6 is 0 Å². The number of rotatable bonds is 3. The lowest BCUT2D eigenvalue weighted by molar-refractivity contribution is 0.0945. The Morgan fingerprint density at radius 3 is 2.58 bits per heavy atom. The number of aryl methyl sites for hydroxylation is 2. The van der Waals surface area contributed by atoms with Gasteiger partial charge in [0.2, 0.25) is 0 Å². The van der Waals surface area contributed by atoms with Crippen molar-refractivity contribution in [3.05, 3.63) is 47.3 Å². The minimum Gasteiger partial charge on any atom is -0.348 e. The Balaban J connectivity index is 1.87. The fourth-order valence-corrected chi connectivity index (χ4v) is 2.02. The van der Waals surface area contributed by atoms with Crippen LogP contribution in [0.3, 0.4) is 0 Å². The second kappa shape index (κ2) is 4.53. The third-order valence-corrected chi connectivity index (χ3v) is 3.31. The summed E-state index contributed by atoms with van der Waals surface area (Å²) < 4.78 is 1.81. The van der Waals surface area contributed by atoms with Gasteiger partial charge in [-0.1, -0.05) is 17.7 Å². The van der Waals surface area contributed by atoms with Crippen LogP contribution in [0.25, 0.3) is 5.69 Å². The summed E-state index contributed by atoms with van der Waals surface area (Å²) in [6, 6.07) is 10.3. The quantitative estimate of drug-likeness (QED) is 0.915. The summed E-state index contributed by atoms with van der Waals surface area (Å²) in [5.74, 6) is -0.0727. The van der Waals surface area contributed by atoms with Gasteiger partial charge in [-0.15, -0.1) is 0 Å². The van der Waals surface area contributed by atoms with Crippen LogP contribution in [0, 0.1) is 13.8 Å². The zero-order valence-electron chi connectivity index (χ0n) is 11.2. The maximum absolute atomic E-state index is 12.0. The molecule has 1 aliphatic rings. The number of aromatic nitrogens is 2. The molecule has 0 radical (unpaired) electrons. The van der Waals surface area contributed by atoms with E-state index in [4.69, 9.17) is 0 Å². The van der Waals surface area contributed by atoms with Crippen LogP contribution in [0.15, 0.2) is 30.3 Å². The summed E-state index contributed by atoms with van der Waals surface area (Å²) in [5, 5.41) is 7.35. The van der Waals surface area contributed by atoms with Gasteiger partial charge in [0.15, 0.2) is 5.69 Å². The van der Waals surface area contributed by atoms with E-state index in [1.54, 1.807) is 4.68 Å². The van der Waals surface area contributed by atoms with E-state index in [9.17, 15) is 4.79 Å². The monoisotopic (exact) mass is 255 g/mol. The molecule has 1 aliphatic carbocycles. The predicted molar refractivity (Wildman–Crippen MR) is 73.5 cm³/mol. The van der Waals surface area contributed by atoms with E-state index in [0.29, 0.717) is 11.7 Å². The van der Waals surface area contributed by atoms with Gasteiger partial charge in [-0.05, 0) is 44.9 Å². The summed E-state index contributed by atoms with van der Waals surface area (Å²) in [4.78, 5) is 12.0. The van der Waals surface area contributed by atoms with Crippen LogP contribution in [-0.4, -0.2) is 21.7 Å². The number of carbonyl (C=O) groups excluding carboxylic acids is 1. The molecule has 4 nitrogen and oxygen atoms in total. The normalized spacial score (nSPS) is 14.4. The molecule has 19 heavy (non-hydrogen) atoms. The lowest BCUT2D eigenvalue weighted by Crippen LogP contribution is -2.25. The number of benzene rings is 1. The van der Waals surface area contributed by atoms with Crippen LogP contribution in [0.1, 0.15) is 34.6 Å². The molecular formula is C15H17N3O.